The fraction of sp³-hybridized carbons (Fsp3) is 0.366. The molecule has 2 aliphatic heterocycles. The van der Waals surface area contributed by atoms with Gasteiger partial charge in [0, 0.05) is 54.8 Å². The molecule has 0 bridgehead atoms. The van der Waals surface area contributed by atoms with Crippen molar-refractivity contribution in [2.24, 2.45) is 5.92 Å². The highest BCUT2D eigenvalue weighted by Crippen LogP contribution is 2.38. The summed E-state index contributed by atoms with van der Waals surface area (Å²) in [5, 5.41) is 18.4. The van der Waals surface area contributed by atoms with Crippen molar-refractivity contribution in [1.29, 1.82) is 0 Å². The van der Waals surface area contributed by atoms with E-state index in [1.807, 2.05) is 66.7 Å². The Balaban J connectivity index is 1.09. The Kier molecular flexibility index (Phi) is 11.3. The molecule has 2 saturated heterocycles. The van der Waals surface area contributed by atoms with Crippen LogP contribution in [0.5, 0.6) is 0 Å². The third-order valence-electron chi connectivity index (χ3n) is 10.5. The van der Waals surface area contributed by atoms with E-state index in [1.54, 1.807) is 4.90 Å². The van der Waals surface area contributed by atoms with E-state index in [4.69, 9.17) is 11.6 Å². The highest BCUT2D eigenvalue weighted by molar-refractivity contribution is 6.30. The van der Waals surface area contributed by atoms with Gasteiger partial charge in [-0.1, -0.05) is 103 Å². The van der Waals surface area contributed by atoms with Gasteiger partial charge in [0.25, 0.3) is 0 Å². The number of anilines is 1. The monoisotopic (exact) mass is 678 g/mol. The minimum atomic E-state index is -0.828. The third kappa shape index (κ3) is 8.53. The topological polar surface area (TPSA) is 84.9 Å². The quantitative estimate of drug-likeness (QED) is 0.154. The zero-order valence-electron chi connectivity index (χ0n) is 28.1. The fourth-order valence-corrected chi connectivity index (χ4v) is 7.64. The summed E-state index contributed by atoms with van der Waals surface area (Å²) in [5.74, 6) is -0.0883. The third-order valence-corrected chi connectivity index (χ3v) is 10.8. The molecule has 0 saturated carbocycles. The number of nitrogens with one attached hydrogen (secondary N) is 2. The van der Waals surface area contributed by atoms with Crippen LogP contribution in [-0.2, 0) is 15.8 Å². The number of nitrogens with zero attached hydrogens (tertiary/aromatic N) is 2. The predicted molar refractivity (Wildman–Crippen MR) is 197 cm³/mol. The summed E-state index contributed by atoms with van der Waals surface area (Å²) >= 11 is 6.09. The van der Waals surface area contributed by atoms with Gasteiger partial charge in [-0.05, 0) is 86.0 Å². The summed E-state index contributed by atoms with van der Waals surface area (Å²) in [6.45, 7) is 4.13. The molecule has 4 aromatic carbocycles. The fourth-order valence-electron chi connectivity index (χ4n) is 7.51. The summed E-state index contributed by atoms with van der Waals surface area (Å²) < 4.78 is 0. The van der Waals surface area contributed by atoms with Gasteiger partial charge < -0.3 is 25.5 Å². The van der Waals surface area contributed by atoms with Crippen molar-refractivity contribution < 1.29 is 14.7 Å². The molecule has 8 heteroatoms. The molecule has 0 radical (unpaired) electrons. The molecular weight excluding hydrogens is 632 g/mol. The molecule has 256 valence electrons. The van der Waals surface area contributed by atoms with E-state index in [-0.39, 0.29) is 17.9 Å². The van der Waals surface area contributed by atoms with Gasteiger partial charge in [-0.15, -0.1) is 0 Å². The van der Waals surface area contributed by atoms with Crippen LogP contribution in [-0.4, -0.2) is 66.1 Å². The molecule has 0 unspecified atom stereocenters. The summed E-state index contributed by atoms with van der Waals surface area (Å²) in [6, 6.07) is 38.0. The number of urea groups is 1. The van der Waals surface area contributed by atoms with Crippen molar-refractivity contribution >= 4 is 29.2 Å². The van der Waals surface area contributed by atoms with Crippen LogP contribution in [0.4, 0.5) is 10.5 Å². The number of carbonyl (C=O) groups excluding carboxylic acids is 2. The lowest BCUT2D eigenvalue weighted by Crippen LogP contribution is -2.48. The second-order valence-electron chi connectivity index (χ2n) is 13.6. The first-order chi connectivity index (χ1) is 23.8. The van der Waals surface area contributed by atoms with E-state index in [1.165, 1.54) is 11.1 Å². The summed E-state index contributed by atoms with van der Waals surface area (Å²) in [5.41, 5.74) is 2.83. The maximum atomic E-state index is 13.7. The van der Waals surface area contributed by atoms with Crippen LogP contribution in [0.25, 0.3) is 0 Å². The Morgan fingerprint density at radius 1 is 0.776 bits per heavy atom. The average Bonchev–Trinajstić information content (AvgIpc) is 3.15. The van der Waals surface area contributed by atoms with E-state index >= 15 is 0 Å². The van der Waals surface area contributed by atoms with Gasteiger partial charge in [0.1, 0.15) is 0 Å². The van der Waals surface area contributed by atoms with Crippen LogP contribution >= 0.6 is 11.6 Å². The molecule has 0 spiro atoms. The van der Waals surface area contributed by atoms with Crippen molar-refractivity contribution in [3.63, 3.8) is 0 Å². The van der Waals surface area contributed by atoms with E-state index in [0.717, 1.165) is 43.7 Å². The average molecular weight is 679 g/mol. The van der Waals surface area contributed by atoms with E-state index in [2.05, 4.69) is 64.1 Å². The minimum Gasteiger partial charge on any atom is -0.385 e. The van der Waals surface area contributed by atoms with E-state index < -0.39 is 11.0 Å². The van der Waals surface area contributed by atoms with Gasteiger partial charge in [0.15, 0.2) is 0 Å². The van der Waals surface area contributed by atoms with E-state index in [0.29, 0.717) is 50.3 Å². The van der Waals surface area contributed by atoms with E-state index in [9.17, 15) is 14.7 Å². The van der Waals surface area contributed by atoms with Crippen molar-refractivity contribution in [1.82, 2.24) is 15.1 Å². The number of para-hydroxylation sites is 1. The summed E-state index contributed by atoms with van der Waals surface area (Å²) in [4.78, 5) is 30.8. The van der Waals surface area contributed by atoms with Gasteiger partial charge in [-0.25, -0.2) is 4.79 Å². The number of hydrogen-bond acceptors (Lipinski definition) is 4. The number of halogens is 1. The first-order valence-corrected chi connectivity index (χ1v) is 17.9. The minimum absolute atomic E-state index is 0.0527. The van der Waals surface area contributed by atoms with Gasteiger partial charge in [0.2, 0.25) is 5.91 Å². The second-order valence-corrected chi connectivity index (χ2v) is 14.0. The molecule has 49 heavy (non-hydrogen) atoms. The number of hydrogen-bond donors (Lipinski definition) is 3. The molecule has 2 fully saturated rings. The second kappa shape index (κ2) is 16.0. The first-order valence-electron chi connectivity index (χ1n) is 17.6. The molecule has 4 aromatic rings. The maximum absolute atomic E-state index is 13.7. The molecule has 7 nitrogen and oxygen atoms in total. The van der Waals surface area contributed by atoms with Gasteiger partial charge in [0.05, 0.1) is 5.60 Å². The van der Waals surface area contributed by atoms with Gasteiger partial charge in [-0.2, -0.15) is 0 Å². The van der Waals surface area contributed by atoms with Gasteiger partial charge in [-0.3, -0.25) is 4.79 Å². The molecule has 2 aliphatic rings. The number of rotatable bonds is 11. The Labute approximate surface area is 295 Å². The zero-order chi connectivity index (χ0) is 34.1. The maximum Gasteiger partial charge on any atom is 0.321 e. The lowest BCUT2D eigenvalue weighted by atomic mass is 9.71. The Hall–Kier alpha value is -4.17. The highest BCUT2D eigenvalue weighted by atomic mass is 35.5. The normalized spacial score (nSPS) is 17.0. The van der Waals surface area contributed by atoms with Crippen LogP contribution in [0, 0.1) is 5.92 Å². The van der Waals surface area contributed by atoms with Crippen LogP contribution in [0.3, 0.4) is 0 Å². The van der Waals surface area contributed by atoms with Crippen molar-refractivity contribution in [3.8, 4) is 0 Å². The predicted octanol–water partition coefficient (Wildman–Crippen LogP) is 7.45. The van der Waals surface area contributed by atoms with Gasteiger partial charge >= 0.3 is 6.03 Å². The van der Waals surface area contributed by atoms with Crippen LogP contribution in [0.1, 0.15) is 55.2 Å². The molecular formula is C41H47ClN4O3. The number of aliphatic hydroxyl groups is 1. The van der Waals surface area contributed by atoms with Crippen LogP contribution in [0.2, 0.25) is 5.02 Å². The Bertz CT molecular complexity index is 1600. The molecule has 0 atom stereocenters. The number of benzene rings is 4. The largest absolute Gasteiger partial charge is 0.385 e. The zero-order valence-corrected chi connectivity index (χ0v) is 28.8. The van der Waals surface area contributed by atoms with Crippen LogP contribution in [0.15, 0.2) is 115 Å². The highest BCUT2D eigenvalue weighted by Gasteiger charge is 2.37. The smallest absolute Gasteiger partial charge is 0.321 e. The standard InChI is InChI=1S/C41H47ClN4O3/c42-36-19-17-35(18-20-36)41(49)24-29-45(30-25-41)26-10-23-40(33-11-4-1-5-12-33,34-13-6-2-7-14-34)31-43-38(47)32-21-27-46(28-22-32)39(48)44-37-15-8-3-9-16-37/h1-9,11-20,32,49H,10,21-31H2,(H,43,47)(H,44,48). The Morgan fingerprint density at radius 2 is 1.33 bits per heavy atom. The lowest BCUT2D eigenvalue weighted by molar-refractivity contribution is -0.126. The Morgan fingerprint density at radius 3 is 1.90 bits per heavy atom. The van der Waals surface area contributed by atoms with Crippen molar-refractivity contribution in [2.45, 2.75) is 49.5 Å². The molecule has 0 aliphatic carbocycles. The summed E-state index contributed by atoms with van der Waals surface area (Å²) in [7, 11) is 0. The molecule has 3 N–H and O–H groups in total. The SMILES string of the molecule is O=C(NCC(CCCN1CCC(O)(c2ccc(Cl)cc2)CC1)(c1ccccc1)c1ccccc1)C1CCN(C(=O)Nc2ccccc2)CC1. The van der Waals surface area contributed by atoms with Crippen LogP contribution < -0.4 is 10.6 Å². The molecule has 0 aromatic heterocycles. The van der Waals surface area contributed by atoms with Crippen molar-refractivity contribution in [2.75, 3.05) is 44.6 Å². The number of likely N-dealkylation sites (tertiary alicyclic amines) is 2. The molecule has 3 amide bonds. The summed E-state index contributed by atoms with van der Waals surface area (Å²) in [6.07, 6.45) is 4.43. The lowest BCUT2D eigenvalue weighted by Gasteiger charge is -2.40. The molecule has 2 heterocycles. The number of carbonyl (C=O) groups is 2. The number of piperidine rings is 2. The number of amides is 3. The molecule has 6 rings (SSSR count). The van der Waals surface area contributed by atoms with Crippen molar-refractivity contribution in [3.05, 3.63) is 137 Å². The first kappa shape index (κ1) is 34.7.